The minimum atomic E-state index is -1.29. The average molecular weight is 302 g/mol. The van der Waals surface area contributed by atoms with Crippen molar-refractivity contribution in [3.05, 3.63) is 35.4 Å². The van der Waals surface area contributed by atoms with Crippen LogP contribution in [0, 0.1) is 5.41 Å². The lowest BCUT2D eigenvalue weighted by molar-refractivity contribution is -0.156. The zero-order valence-corrected chi connectivity index (χ0v) is 14.3. The van der Waals surface area contributed by atoms with Crippen molar-refractivity contribution in [1.29, 1.82) is 0 Å². The molecule has 0 saturated carbocycles. The zero-order chi connectivity index (χ0) is 16.2. The van der Waals surface area contributed by atoms with E-state index in [1.807, 2.05) is 25.1 Å². The first-order chi connectivity index (χ1) is 10.6. The summed E-state index contributed by atoms with van der Waals surface area (Å²) < 4.78 is 0. The molecular weight excluding hydrogens is 272 g/mol. The number of aliphatic hydroxyl groups is 1. The first-order valence-electron chi connectivity index (χ1n) is 8.89. The lowest BCUT2D eigenvalue weighted by Gasteiger charge is -2.42. The first-order valence-corrected chi connectivity index (χ1v) is 8.89. The fourth-order valence-corrected chi connectivity index (χ4v) is 4.20. The lowest BCUT2D eigenvalue weighted by Crippen LogP contribution is -2.49. The van der Waals surface area contributed by atoms with Crippen LogP contribution in [-0.4, -0.2) is 10.9 Å². The standard InChI is InChI=1S/C20H30O2/c1-4-7-13-19(14-8-5-2)15-16-11-9-10-12-17(16)20(19,22)18(21)6-3/h9-12,22H,4-8,13-15H2,1-3H3. The summed E-state index contributed by atoms with van der Waals surface area (Å²) in [7, 11) is 0. The van der Waals surface area contributed by atoms with Crippen molar-refractivity contribution in [3.8, 4) is 0 Å². The second kappa shape index (κ2) is 6.95. The third-order valence-corrected chi connectivity index (χ3v) is 5.45. The monoisotopic (exact) mass is 302 g/mol. The number of ketones is 1. The Hall–Kier alpha value is -1.15. The van der Waals surface area contributed by atoms with Crippen LogP contribution in [0.5, 0.6) is 0 Å². The highest BCUT2D eigenvalue weighted by atomic mass is 16.3. The van der Waals surface area contributed by atoms with Crippen molar-refractivity contribution >= 4 is 5.78 Å². The molecule has 0 aliphatic heterocycles. The summed E-state index contributed by atoms with van der Waals surface area (Å²) in [6.45, 7) is 6.22. The Labute approximate surface area is 134 Å². The van der Waals surface area contributed by atoms with Gasteiger partial charge in [-0.1, -0.05) is 70.7 Å². The van der Waals surface area contributed by atoms with E-state index in [0.29, 0.717) is 6.42 Å². The lowest BCUT2D eigenvalue weighted by atomic mass is 9.64. The van der Waals surface area contributed by atoms with Crippen LogP contribution in [-0.2, 0) is 16.8 Å². The molecule has 1 unspecified atom stereocenters. The average Bonchev–Trinajstić information content (AvgIpc) is 2.81. The summed E-state index contributed by atoms with van der Waals surface area (Å²) in [5.74, 6) is -0.00958. The van der Waals surface area contributed by atoms with E-state index < -0.39 is 5.60 Å². The van der Waals surface area contributed by atoms with Crippen molar-refractivity contribution in [1.82, 2.24) is 0 Å². The van der Waals surface area contributed by atoms with Crippen molar-refractivity contribution < 1.29 is 9.90 Å². The largest absolute Gasteiger partial charge is 0.377 e. The number of carbonyl (C=O) groups excluding carboxylic acids is 1. The fraction of sp³-hybridized carbons (Fsp3) is 0.650. The highest BCUT2D eigenvalue weighted by Gasteiger charge is 2.59. The van der Waals surface area contributed by atoms with Crippen molar-refractivity contribution in [3.63, 3.8) is 0 Å². The Morgan fingerprint density at radius 1 is 1.09 bits per heavy atom. The first kappa shape index (κ1) is 17.2. The summed E-state index contributed by atoms with van der Waals surface area (Å²) in [4.78, 5) is 12.8. The Morgan fingerprint density at radius 2 is 1.68 bits per heavy atom. The Kier molecular flexibility index (Phi) is 5.44. The van der Waals surface area contributed by atoms with E-state index in [9.17, 15) is 9.90 Å². The molecular formula is C20H30O2. The molecule has 1 atom stereocenters. The van der Waals surface area contributed by atoms with E-state index in [1.165, 1.54) is 5.56 Å². The number of fused-ring (bicyclic) bond motifs is 1. The predicted molar refractivity (Wildman–Crippen MR) is 90.8 cm³/mol. The third-order valence-electron chi connectivity index (χ3n) is 5.45. The topological polar surface area (TPSA) is 37.3 Å². The van der Waals surface area contributed by atoms with Gasteiger partial charge in [-0.05, 0) is 30.4 Å². The van der Waals surface area contributed by atoms with Crippen LogP contribution < -0.4 is 0 Å². The highest BCUT2D eigenvalue weighted by molar-refractivity contribution is 5.90. The maximum absolute atomic E-state index is 12.8. The van der Waals surface area contributed by atoms with Gasteiger partial charge in [0.1, 0.15) is 0 Å². The number of unbranched alkanes of at least 4 members (excludes halogenated alkanes) is 2. The van der Waals surface area contributed by atoms with Crippen LogP contribution in [0.15, 0.2) is 24.3 Å². The molecule has 0 aromatic heterocycles. The summed E-state index contributed by atoms with van der Waals surface area (Å²) in [6.07, 6.45) is 7.42. The molecule has 2 nitrogen and oxygen atoms in total. The van der Waals surface area contributed by atoms with Crippen molar-refractivity contribution in [2.24, 2.45) is 5.41 Å². The molecule has 0 spiro atoms. The fourth-order valence-electron chi connectivity index (χ4n) is 4.20. The molecule has 0 amide bonds. The molecule has 0 radical (unpaired) electrons. The van der Waals surface area contributed by atoms with E-state index in [-0.39, 0.29) is 11.2 Å². The van der Waals surface area contributed by atoms with Gasteiger partial charge in [0.25, 0.3) is 0 Å². The summed E-state index contributed by atoms with van der Waals surface area (Å²) in [5.41, 5.74) is 0.437. The molecule has 0 heterocycles. The number of hydrogen-bond acceptors (Lipinski definition) is 2. The maximum Gasteiger partial charge on any atom is 0.169 e. The van der Waals surface area contributed by atoms with E-state index in [4.69, 9.17) is 0 Å². The van der Waals surface area contributed by atoms with Gasteiger partial charge in [-0.2, -0.15) is 0 Å². The van der Waals surface area contributed by atoms with Crippen LogP contribution in [0.4, 0.5) is 0 Å². The van der Waals surface area contributed by atoms with Crippen molar-refractivity contribution in [2.45, 2.75) is 77.7 Å². The molecule has 1 aromatic carbocycles. The molecule has 1 aliphatic rings. The minimum Gasteiger partial charge on any atom is -0.377 e. The van der Waals surface area contributed by atoms with E-state index in [0.717, 1.165) is 50.5 Å². The molecule has 1 N–H and O–H groups in total. The SMILES string of the molecule is CCCCC1(CCCC)Cc2ccccc2C1(O)C(=O)CC. The van der Waals surface area contributed by atoms with Gasteiger partial charge >= 0.3 is 0 Å². The van der Waals surface area contributed by atoms with Crippen LogP contribution in [0.2, 0.25) is 0 Å². The van der Waals surface area contributed by atoms with Gasteiger partial charge in [0.2, 0.25) is 0 Å². The van der Waals surface area contributed by atoms with Gasteiger partial charge in [-0.3, -0.25) is 4.79 Å². The Balaban J connectivity index is 2.53. The quantitative estimate of drug-likeness (QED) is 0.750. The van der Waals surface area contributed by atoms with E-state index in [2.05, 4.69) is 19.9 Å². The Bertz CT molecular complexity index is 512. The molecule has 0 bridgehead atoms. The summed E-state index contributed by atoms with van der Waals surface area (Å²) >= 11 is 0. The molecule has 0 fully saturated rings. The van der Waals surface area contributed by atoms with Gasteiger partial charge in [0.15, 0.2) is 11.4 Å². The predicted octanol–water partition coefficient (Wildman–Crippen LogP) is 4.78. The van der Waals surface area contributed by atoms with Gasteiger partial charge in [-0.15, -0.1) is 0 Å². The summed E-state index contributed by atoms with van der Waals surface area (Å²) in [6, 6.07) is 8.01. The van der Waals surface area contributed by atoms with Gasteiger partial charge in [0, 0.05) is 11.8 Å². The van der Waals surface area contributed by atoms with Crippen LogP contribution >= 0.6 is 0 Å². The van der Waals surface area contributed by atoms with Crippen LogP contribution in [0.1, 0.15) is 76.8 Å². The number of benzene rings is 1. The van der Waals surface area contributed by atoms with Crippen LogP contribution in [0.25, 0.3) is 0 Å². The van der Waals surface area contributed by atoms with Gasteiger partial charge < -0.3 is 5.11 Å². The highest BCUT2D eigenvalue weighted by Crippen LogP contribution is 2.56. The van der Waals surface area contributed by atoms with Crippen molar-refractivity contribution in [2.75, 3.05) is 0 Å². The minimum absolute atomic E-state index is 0.00958. The second-order valence-electron chi connectivity index (χ2n) is 6.81. The third kappa shape index (κ3) is 2.62. The van der Waals surface area contributed by atoms with Gasteiger partial charge in [0.05, 0.1) is 0 Å². The molecule has 1 aromatic rings. The Morgan fingerprint density at radius 3 is 2.23 bits per heavy atom. The van der Waals surface area contributed by atoms with Crippen LogP contribution in [0.3, 0.4) is 0 Å². The molecule has 0 saturated heterocycles. The molecule has 2 heteroatoms. The smallest absolute Gasteiger partial charge is 0.169 e. The zero-order valence-electron chi connectivity index (χ0n) is 14.3. The molecule has 1 aliphatic carbocycles. The van der Waals surface area contributed by atoms with E-state index >= 15 is 0 Å². The molecule has 122 valence electrons. The number of hydrogen-bond donors (Lipinski definition) is 1. The summed E-state index contributed by atoms with van der Waals surface area (Å²) in [5, 5.41) is 11.6. The molecule has 22 heavy (non-hydrogen) atoms. The van der Waals surface area contributed by atoms with E-state index in [1.54, 1.807) is 0 Å². The van der Waals surface area contributed by atoms with Gasteiger partial charge in [-0.25, -0.2) is 0 Å². The number of carbonyl (C=O) groups is 1. The molecule has 2 rings (SSSR count). The second-order valence-corrected chi connectivity index (χ2v) is 6.81. The maximum atomic E-state index is 12.8. The normalized spacial score (nSPS) is 22.5. The number of Topliss-reactive ketones (excluding diaryl/α,β-unsaturated/α-hetero) is 1. The number of rotatable bonds is 8.